The number of hydrogen-bond donors (Lipinski definition) is 1. The van der Waals surface area contributed by atoms with Gasteiger partial charge in [-0.05, 0) is 48.6 Å². The van der Waals surface area contributed by atoms with Crippen LogP contribution in [0.25, 0.3) is 0 Å². The molecule has 1 nitrogen and oxygen atoms in total. The highest BCUT2D eigenvalue weighted by molar-refractivity contribution is 9.10. The van der Waals surface area contributed by atoms with Gasteiger partial charge >= 0.3 is 0 Å². The predicted molar refractivity (Wildman–Crippen MR) is 73.1 cm³/mol. The van der Waals surface area contributed by atoms with Gasteiger partial charge in [0.1, 0.15) is 0 Å². The molecule has 0 fully saturated rings. The summed E-state index contributed by atoms with van der Waals surface area (Å²) in [6.07, 6.45) is 2.20. The van der Waals surface area contributed by atoms with Gasteiger partial charge < -0.3 is 5.32 Å². The van der Waals surface area contributed by atoms with E-state index in [2.05, 4.69) is 41.2 Å². The zero-order valence-corrected chi connectivity index (χ0v) is 12.0. The Balaban J connectivity index is 2.40. The largest absolute Gasteiger partial charge is 0.310 e. The van der Waals surface area contributed by atoms with Gasteiger partial charge in [0.25, 0.3) is 0 Å². The molecule has 2 rings (SSSR count). The SMILES string of the molecule is CC(C)CC1NCCc2c(Br)ccc(Cl)c21. The molecule has 0 amide bonds. The summed E-state index contributed by atoms with van der Waals surface area (Å²) in [4.78, 5) is 0. The fraction of sp³-hybridized carbons (Fsp3) is 0.538. The number of nitrogens with one attached hydrogen (secondary N) is 1. The molecule has 0 aliphatic carbocycles. The fourth-order valence-electron chi connectivity index (χ4n) is 2.39. The summed E-state index contributed by atoms with van der Waals surface area (Å²) in [5.41, 5.74) is 2.69. The summed E-state index contributed by atoms with van der Waals surface area (Å²) in [6, 6.07) is 4.46. The van der Waals surface area contributed by atoms with Crippen molar-refractivity contribution in [3.8, 4) is 0 Å². The molecule has 0 bridgehead atoms. The van der Waals surface area contributed by atoms with Crippen molar-refractivity contribution < 1.29 is 0 Å². The standard InChI is InChI=1S/C13H17BrClN/c1-8(2)7-12-13-9(5-6-16-12)10(14)3-4-11(13)15/h3-4,8,12,16H,5-7H2,1-2H3. The van der Waals surface area contributed by atoms with Crippen LogP contribution in [0.2, 0.25) is 5.02 Å². The smallest absolute Gasteiger partial charge is 0.0457 e. The van der Waals surface area contributed by atoms with E-state index in [4.69, 9.17) is 11.6 Å². The van der Waals surface area contributed by atoms with Crippen molar-refractivity contribution in [1.29, 1.82) is 0 Å². The Kier molecular flexibility index (Phi) is 3.93. The number of benzene rings is 1. The molecule has 1 aromatic rings. The lowest BCUT2D eigenvalue weighted by Gasteiger charge is -2.30. The summed E-state index contributed by atoms with van der Waals surface area (Å²) in [6.45, 7) is 5.55. The minimum Gasteiger partial charge on any atom is -0.310 e. The van der Waals surface area contributed by atoms with Crippen LogP contribution in [0.4, 0.5) is 0 Å². The van der Waals surface area contributed by atoms with E-state index in [9.17, 15) is 0 Å². The molecule has 0 saturated carbocycles. The van der Waals surface area contributed by atoms with Crippen LogP contribution in [0.5, 0.6) is 0 Å². The Hall–Kier alpha value is -0.0500. The van der Waals surface area contributed by atoms with Crippen LogP contribution >= 0.6 is 27.5 Å². The Labute approximate surface area is 111 Å². The topological polar surface area (TPSA) is 12.0 Å². The van der Waals surface area contributed by atoms with E-state index in [0.717, 1.165) is 24.4 Å². The van der Waals surface area contributed by atoms with Crippen LogP contribution < -0.4 is 5.32 Å². The van der Waals surface area contributed by atoms with E-state index in [1.54, 1.807) is 0 Å². The summed E-state index contributed by atoms with van der Waals surface area (Å²) >= 11 is 9.95. The van der Waals surface area contributed by atoms with Crippen molar-refractivity contribution in [2.45, 2.75) is 32.7 Å². The van der Waals surface area contributed by atoms with Crippen LogP contribution in [0, 0.1) is 5.92 Å². The molecule has 0 radical (unpaired) electrons. The highest BCUT2D eigenvalue weighted by atomic mass is 79.9. The van der Waals surface area contributed by atoms with Crippen LogP contribution in [-0.4, -0.2) is 6.54 Å². The summed E-state index contributed by atoms with van der Waals surface area (Å²) in [7, 11) is 0. The Morgan fingerprint density at radius 3 is 2.94 bits per heavy atom. The van der Waals surface area contributed by atoms with Crippen LogP contribution in [0.1, 0.15) is 37.4 Å². The first-order valence-electron chi connectivity index (χ1n) is 5.79. The second kappa shape index (κ2) is 5.07. The van der Waals surface area contributed by atoms with Crippen molar-refractivity contribution >= 4 is 27.5 Å². The van der Waals surface area contributed by atoms with Crippen LogP contribution in [0.3, 0.4) is 0 Å². The van der Waals surface area contributed by atoms with Gasteiger partial charge in [0, 0.05) is 15.5 Å². The first-order valence-corrected chi connectivity index (χ1v) is 6.97. The molecule has 1 unspecified atom stereocenters. The Bertz CT molecular complexity index is 390. The molecule has 1 aliphatic heterocycles. The van der Waals surface area contributed by atoms with Gasteiger partial charge in [0.15, 0.2) is 0 Å². The molecular formula is C13H17BrClN. The summed E-state index contributed by atoms with van der Waals surface area (Å²) in [5, 5.41) is 4.47. The highest BCUT2D eigenvalue weighted by Gasteiger charge is 2.24. The average Bonchev–Trinajstić information content (AvgIpc) is 2.23. The lowest BCUT2D eigenvalue weighted by Crippen LogP contribution is -2.31. The predicted octanol–water partition coefficient (Wildman–Crippen LogP) is 4.34. The lowest BCUT2D eigenvalue weighted by molar-refractivity contribution is 0.414. The normalized spacial score (nSPS) is 19.9. The van der Waals surface area contributed by atoms with E-state index in [1.165, 1.54) is 15.6 Å². The van der Waals surface area contributed by atoms with Gasteiger partial charge in [-0.2, -0.15) is 0 Å². The minimum atomic E-state index is 0.411. The van der Waals surface area contributed by atoms with E-state index in [0.29, 0.717) is 12.0 Å². The molecule has 1 N–H and O–H groups in total. The van der Waals surface area contributed by atoms with Crippen LogP contribution in [-0.2, 0) is 6.42 Å². The third kappa shape index (κ3) is 2.44. The zero-order chi connectivity index (χ0) is 11.7. The molecule has 1 heterocycles. The molecular weight excluding hydrogens is 286 g/mol. The minimum absolute atomic E-state index is 0.411. The Morgan fingerprint density at radius 2 is 2.25 bits per heavy atom. The second-order valence-electron chi connectivity index (χ2n) is 4.81. The lowest BCUT2D eigenvalue weighted by atomic mass is 9.89. The maximum Gasteiger partial charge on any atom is 0.0457 e. The van der Waals surface area contributed by atoms with Crippen LogP contribution in [0.15, 0.2) is 16.6 Å². The number of fused-ring (bicyclic) bond motifs is 1. The molecule has 1 aliphatic rings. The van der Waals surface area contributed by atoms with E-state index >= 15 is 0 Å². The molecule has 1 atom stereocenters. The van der Waals surface area contributed by atoms with Crippen molar-refractivity contribution in [3.05, 3.63) is 32.8 Å². The molecule has 0 saturated heterocycles. The van der Waals surface area contributed by atoms with E-state index in [-0.39, 0.29) is 0 Å². The van der Waals surface area contributed by atoms with Gasteiger partial charge in [-0.15, -0.1) is 0 Å². The van der Waals surface area contributed by atoms with Gasteiger partial charge in [0.05, 0.1) is 0 Å². The fourth-order valence-corrected chi connectivity index (χ4v) is 3.24. The number of rotatable bonds is 2. The van der Waals surface area contributed by atoms with E-state index in [1.807, 2.05) is 6.07 Å². The van der Waals surface area contributed by atoms with Gasteiger partial charge in [-0.3, -0.25) is 0 Å². The molecule has 1 aromatic carbocycles. The molecule has 0 aromatic heterocycles. The molecule has 3 heteroatoms. The third-order valence-electron chi connectivity index (χ3n) is 3.07. The summed E-state index contributed by atoms with van der Waals surface area (Å²) < 4.78 is 1.20. The van der Waals surface area contributed by atoms with Gasteiger partial charge in [-0.1, -0.05) is 41.4 Å². The summed E-state index contributed by atoms with van der Waals surface area (Å²) in [5.74, 6) is 0.679. The first kappa shape index (κ1) is 12.4. The first-order chi connectivity index (χ1) is 7.59. The van der Waals surface area contributed by atoms with Gasteiger partial charge in [0.2, 0.25) is 0 Å². The van der Waals surface area contributed by atoms with Gasteiger partial charge in [-0.25, -0.2) is 0 Å². The molecule has 0 spiro atoms. The number of hydrogen-bond acceptors (Lipinski definition) is 1. The van der Waals surface area contributed by atoms with E-state index < -0.39 is 0 Å². The maximum atomic E-state index is 6.33. The molecule has 88 valence electrons. The highest BCUT2D eigenvalue weighted by Crippen LogP contribution is 2.37. The van der Waals surface area contributed by atoms with Crippen molar-refractivity contribution in [3.63, 3.8) is 0 Å². The zero-order valence-electron chi connectivity index (χ0n) is 9.69. The average molecular weight is 303 g/mol. The van der Waals surface area contributed by atoms with Crippen molar-refractivity contribution in [1.82, 2.24) is 5.32 Å². The maximum absolute atomic E-state index is 6.33. The van der Waals surface area contributed by atoms with Crippen molar-refractivity contribution in [2.24, 2.45) is 5.92 Å². The monoisotopic (exact) mass is 301 g/mol. The Morgan fingerprint density at radius 1 is 1.50 bits per heavy atom. The third-order valence-corrected chi connectivity index (χ3v) is 4.14. The quantitative estimate of drug-likeness (QED) is 0.857. The van der Waals surface area contributed by atoms with Crippen molar-refractivity contribution in [2.75, 3.05) is 6.54 Å². The second-order valence-corrected chi connectivity index (χ2v) is 6.07. The number of halogens is 2. The molecule has 16 heavy (non-hydrogen) atoms.